The number of pyridine rings is 1. The molecular weight excluding hydrogens is 394 g/mol. The molecule has 0 aliphatic rings. The van der Waals surface area contributed by atoms with Gasteiger partial charge in [-0.1, -0.05) is 30.3 Å². The number of methoxy groups -OCH3 is 1. The standard InChI is InChI=1S/C24H27N3O4/c1-27(2)20-12-10-18(11-13-20)17-26-24(28)31-23(30-22-9-4-5-14-25-22)16-19-7-6-8-21(15-19)29-3/h4-15,23H,16-17H2,1-3H3,(H,26,28). The van der Waals surface area contributed by atoms with E-state index in [2.05, 4.69) is 10.3 Å². The van der Waals surface area contributed by atoms with Gasteiger partial charge in [0.25, 0.3) is 6.29 Å². The van der Waals surface area contributed by atoms with E-state index >= 15 is 0 Å². The Balaban J connectivity index is 1.63. The van der Waals surface area contributed by atoms with Crippen LogP contribution in [0.5, 0.6) is 11.6 Å². The number of anilines is 1. The average molecular weight is 421 g/mol. The number of carbonyl (C=O) groups excluding carboxylic acids is 1. The van der Waals surface area contributed by atoms with Gasteiger partial charge in [0.15, 0.2) is 0 Å². The molecule has 1 atom stereocenters. The third-order valence-electron chi connectivity index (χ3n) is 4.55. The van der Waals surface area contributed by atoms with Crippen molar-refractivity contribution in [3.63, 3.8) is 0 Å². The average Bonchev–Trinajstić information content (AvgIpc) is 2.78. The van der Waals surface area contributed by atoms with E-state index in [0.29, 0.717) is 18.8 Å². The molecular formula is C24H27N3O4. The van der Waals surface area contributed by atoms with Crippen LogP contribution in [0.4, 0.5) is 10.5 Å². The SMILES string of the molecule is COc1cccc(CC(OC(=O)NCc2ccc(N(C)C)cc2)Oc2ccccn2)c1. The van der Waals surface area contributed by atoms with Gasteiger partial charge >= 0.3 is 6.09 Å². The molecule has 1 amide bonds. The van der Waals surface area contributed by atoms with Crippen LogP contribution in [-0.2, 0) is 17.7 Å². The zero-order valence-electron chi connectivity index (χ0n) is 17.9. The van der Waals surface area contributed by atoms with Gasteiger partial charge in [0, 0.05) is 45.0 Å². The predicted octanol–water partition coefficient (Wildman–Crippen LogP) is 4.03. The summed E-state index contributed by atoms with van der Waals surface area (Å²) in [5, 5.41) is 2.77. The molecule has 1 N–H and O–H groups in total. The number of benzene rings is 2. The Kier molecular flexibility index (Phi) is 7.70. The fourth-order valence-electron chi connectivity index (χ4n) is 2.90. The zero-order chi connectivity index (χ0) is 22.1. The maximum Gasteiger partial charge on any atom is 0.410 e. The largest absolute Gasteiger partial charge is 0.497 e. The van der Waals surface area contributed by atoms with Crippen molar-refractivity contribution in [3.8, 4) is 11.6 Å². The summed E-state index contributed by atoms with van der Waals surface area (Å²) in [4.78, 5) is 18.6. The minimum Gasteiger partial charge on any atom is -0.497 e. The Hall–Kier alpha value is -3.74. The molecule has 0 saturated carbocycles. The summed E-state index contributed by atoms with van der Waals surface area (Å²) >= 11 is 0. The highest BCUT2D eigenvalue weighted by molar-refractivity contribution is 5.67. The summed E-state index contributed by atoms with van der Waals surface area (Å²) in [6.07, 6.45) is 0.548. The highest BCUT2D eigenvalue weighted by Crippen LogP contribution is 2.17. The van der Waals surface area contributed by atoms with E-state index in [0.717, 1.165) is 22.6 Å². The second-order valence-electron chi connectivity index (χ2n) is 7.09. The van der Waals surface area contributed by atoms with Crippen LogP contribution in [0.2, 0.25) is 0 Å². The number of nitrogens with one attached hydrogen (secondary N) is 1. The van der Waals surface area contributed by atoms with E-state index in [1.54, 1.807) is 25.4 Å². The molecule has 7 nitrogen and oxygen atoms in total. The van der Waals surface area contributed by atoms with Crippen LogP contribution in [-0.4, -0.2) is 38.6 Å². The highest BCUT2D eigenvalue weighted by atomic mass is 16.7. The fraction of sp³-hybridized carbons (Fsp3) is 0.250. The van der Waals surface area contributed by atoms with E-state index in [9.17, 15) is 4.79 Å². The van der Waals surface area contributed by atoms with Crippen molar-refractivity contribution in [2.75, 3.05) is 26.1 Å². The number of rotatable bonds is 9. The van der Waals surface area contributed by atoms with Gasteiger partial charge in [-0.05, 0) is 41.5 Å². The minimum absolute atomic E-state index is 0.346. The smallest absolute Gasteiger partial charge is 0.410 e. The molecule has 0 saturated heterocycles. The molecule has 1 aromatic heterocycles. The molecule has 2 aromatic carbocycles. The number of aromatic nitrogens is 1. The predicted molar refractivity (Wildman–Crippen MR) is 119 cm³/mol. The molecule has 162 valence electrons. The van der Waals surface area contributed by atoms with Crippen LogP contribution < -0.4 is 19.7 Å². The van der Waals surface area contributed by atoms with Crippen LogP contribution in [0.1, 0.15) is 11.1 Å². The van der Waals surface area contributed by atoms with Crippen molar-refractivity contribution in [2.24, 2.45) is 0 Å². The quantitative estimate of drug-likeness (QED) is 0.526. The molecule has 1 heterocycles. The van der Waals surface area contributed by atoms with E-state index in [-0.39, 0.29) is 0 Å². The van der Waals surface area contributed by atoms with Gasteiger partial charge in [0.1, 0.15) is 5.75 Å². The van der Waals surface area contributed by atoms with E-state index in [1.165, 1.54) is 0 Å². The number of ether oxygens (including phenoxy) is 3. The maximum atomic E-state index is 12.4. The summed E-state index contributed by atoms with van der Waals surface area (Å²) in [6, 6.07) is 20.8. The van der Waals surface area contributed by atoms with Crippen molar-refractivity contribution in [3.05, 3.63) is 84.1 Å². The van der Waals surface area contributed by atoms with Gasteiger partial charge in [-0.15, -0.1) is 0 Å². The lowest BCUT2D eigenvalue weighted by molar-refractivity contribution is -0.0339. The third-order valence-corrected chi connectivity index (χ3v) is 4.55. The van der Waals surface area contributed by atoms with Gasteiger partial charge < -0.3 is 24.4 Å². The highest BCUT2D eigenvalue weighted by Gasteiger charge is 2.18. The molecule has 7 heteroatoms. The van der Waals surface area contributed by atoms with Gasteiger partial charge in [-0.25, -0.2) is 9.78 Å². The topological polar surface area (TPSA) is 72.9 Å². The van der Waals surface area contributed by atoms with Crippen molar-refractivity contribution >= 4 is 11.8 Å². The van der Waals surface area contributed by atoms with E-state index < -0.39 is 12.4 Å². The Bertz CT molecular complexity index is 962. The Morgan fingerprint density at radius 2 is 1.84 bits per heavy atom. The van der Waals surface area contributed by atoms with Crippen molar-refractivity contribution < 1.29 is 19.0 Å². The van der Waals surface area contributed by atoms with Crippen LogP contribution in [0.25, 0.3) is 0 Å². The van der Waals surface area contributed by atoms with Crippen molar-refractivity contribution in [1.29, 1.82) is 0 Å². The lowest BCUT2D eigenvalue weighted by Gasteiger charge is -2.19. The van der Waals surface area contributed by atoms with Crippen LogP contribution >= 0.6 is 0 Å². The number of carbonyl (C=O) groups is 1. The third kappa shape index (κ3) is 6.92. The lowest BCUT2D eigenvalue weighted by Crippen LogP contribution is -2.33. The molecule has 0 aliphatic heterocycles. The van der Waals surface area contributed by atoms with Gasteiger partial charge in [-0.3, -0.25) is 0 Å². The number of alkyl carbamates (subject to hydrolysis) is 1. The van der Waals surface area contributed by atoms with Crippen molar-refractivity contribution in [1.82, 2.24) is 10.3 Å². The second-order valence-corrected chi connectivity index (χ2v) is 7.09. The van der Waals surface area contributed by atoms with Gasteiger partial charge in [0.2, 0.25) is 5.88 Å². The molecule has 0 radical (unpaired) electrons. The van der Waals surface area contributed by atoms with Crippen LogP contribution in [0.15, 0.2) is 72.9 Å². The fourth-order valence-corrected chi connectivity index (χ4v) is 2.90. The molecule has 3 aromatic rings. The summed E-state index contributed by atoms with van der Waals surface area (Å²) in [7, 11) is 5.57. The Morgan fingerprint density at radius 1 is 1.03 bits per heavy atom. The first-order valence-corrected chi connectivity index (χ1v) is 9.95. The molecule has 0 aliphatic carbocycles. The first-order chi connectivity index (χ1) is 15.0. The minimum atomic E-state index is -0.849. The van der Waals surface area contributed by atoms with Crippen LogP contribution in [0.3, 0.4) is 0 Å². The summed E-state index contributed by atoms with van der Waals surface area (Å²) in [5.41, 5.74) is 2.97. The monoisotopic (exact) mass is 421 g/mol. The number of nitrogens with zero attached hydrogens (tertiary/aromatic N) is 2. The maximum absolute atomic E-state index is 12.4. The van der Waals surface area contributed by atoms with Crippen LogP contribution in [0, 0.1) is 0 Å². The molecule has 0 fully saturated rings. The molecule has 31 heavy (non-hydrogen) atoms. The number of hydrogen-bond acceptors (Lipinski definition) is 6. The van der Waals surface area contributed by atoms with Crippen molar-refractivity contribution in [2.45, 2.75) is 19.3 Å². The summed E-state index contributed by atoms with van der Waals surface area (Å²) in [6.45, 7) is 0.349. The summed E-state index contributed by atoms with van der Waals surface area (Å²) < 4.78 is 16.6. The lowest BCUT2D eigenvalue weighted by atomic mass is 10.1. The summed E-state index contributed by atoms with van der Waals surface area (Å²) in [5.74, 6) is 1.10. The number of hydrogen-bond donors (Lipinski definition) is 1. The normalized spacial score (nSPS) is 11.3. The molecule has 0 spiro atoms. The van der Waals surface area contributed by atoms with Gasteiger partial charge in [-0.2, -0.15) is 0 Å². The second kappa shape index (κ2) is 10.9. The van der Waals surface area contributed by atoms with E-state index in [1.807, 2.05) is 73.6 Å². The van der Waals surface area contributed by atoms with Gasteiger partial charge in [0.05, 0.1) is 7.11 Å². The molecule has 0 bridgehead atoms. The Labute approximate surface area is 182 Å². The first-order valence-electron chi connectivity index (χ1n) is 9.95. The zero-order valence-corrected chi connectivity index (χ0v) is 17.9. The first kappa shape index (κ1) is 22.0. The van der Waals surface area contributed by atoms with E-state index in [4.69, 9.17) is 14.2 Å². The molecule has 3 rings (SSSR count). The number of amides is 1. The Morgan fingerprint density at radius 3 is 2.52 bits per heavy atom. The molecule has 1 unspecified atom stereocenters.